The number of aromatic hydroxyl groups is 1. The number of anilines is 1. The van der Waals surface area contributed by atoms with E-state index in [1.165, 1.54) is 12.3 Å². The van der Waals surface area contributed by atoms with Crippen LogP contribution in [0, 0.1) is 6.92 Å². The average Bonchev–Trinajstić information content (AvgIpc) is 2.88. The molecule has 0 spiro atoms. The van der Waals surface area contributed by atoms with E-state index in [1.807, 2.05) is 0 Å². The molecular weight excluding hydrogens is 292 g/mol. The smallest absolute Gasteiger partial charge is 0.191 e. The number of rotatable bonds is 2. The summed E-state index contributed by atoms with van der Waals surface area (Å²) in [5.74, 6) is 1.25. The number of aryl methyl sites for hydroxylation is 1. The van der Waals surface area contributed by atoms with Crippen LogP contribution in [0.4, 0.5) is 5.82 Å². The Morgan fingerprint density at radius 3 is 2.67 bits per heavy atom. The van der Waals surface area contributed by atoms with E-state index in [0.29, 0.717) is 28.6 Å². The molecule has 3 N–H and O–H groups in total. The fraction of sp³-hybridized carbons (Fsp3) is 0.0714. The summed E-state index contributed by atoms with van der Waals surface area (Å²) >= 11 is 5.94. The molecule has 0 saturated heterocycles. The van der Waals surface area contributed by atoms with Crippen LogP contribution in [-0.4, -0.2) is 20.1 Å². The molecular formula is C14H11ClN4O2. The first kappa shape index (κ1) is 13.4. The normalized spacial score (nSPS) is 10.8. The number of hydrogen-bond donors (Lipinski definition) is 2. The maximum atomic E-state index is 9.51. The van der Waals surface area contributed by atoms with Crippen molar-refractivity contribution in [2.45, 2.75) is 6.92 Å². The average molecular weight is 303 g/mol. The zero-order chi connectivity index (χ0) is 15.0. The third-order valence-corrected chi connectivity index (χ3v) is 3.17. The quantitative estimate of drug-likeness (QED) is 0.755. The lowest BCUT2D eigenvalue weighted by Gasteiger charge is -2.07. The molecule has 2 heterocycles. The first-order valence-corrected chi connectivity index (χ1v) is 6.46. The second-order valence-corrected chi connectivity index (χ2v) is 4.81. The van der Waals surface area contributed by atoms with Gasteiger partial charge in [-0.15, -0.1) is 0 Å². The molecule has 7 heteroatoms. The molecule has 106 valence electrons. The van der Waals surface area contributed by atoms with Crippen molar-refractivity contribution in [3.63, 3.8) is 0 Å². The minimum atomic E-state index is 0.000815. The van der Waals surface area contributed by atoms with E-state index in [1.54, 1.807) is 25.3 Å². The minimum absolute atomic E-state index is 0.000815. The number of nitrogens with zero attached hydrogens (tertiary/aromatic N) is 3. The first-order valence-electron chi connectivity index (χ1n) is 6.09. The lowest BCUT2D eigenvalue weighted by molar-refractivity contribution is 0.475. The Kier molecular flexibility index (Phi) is 3.23. The number of phenolic OH excluding ortho intramolecular Hbond substituents is 1. The highest BCUT2D eigenvalue weighted by molar-refractivity contribution is 6.32. The van der Waals surface area contributed by atoms with Gasteiger partial charge in [0.25, 0.3) is 0 Å². The van der Waals surface area contributed by atoms with E-state index < -0.39 is 0 Å². The second-order valence-electron chi connectivity index (χ2n) is 4.40. The number of hydrogen-bond acceptors (Lipinski definition) is 6. The lowest BCUT2D eigenvalue weighted by atomic mass is 10.1. The van der Waals surface area contributed by atoms with Gasteiger partial charge < -0.3 is 15.3 Å². The number of oxazole rings is 1. The lowest BCUT2D eigenvalue weighted by Crippen LogP contribution is -1.97. The minimum Gasteiger partial charge on any atom is -0.506 e. The number of nitrogens with two attached hydrogens (primary N) is 1. The molecule has 3 aromatic rings. The van der Waals surface area contributed by atoms with Crippen LogP contribution in [-0.2, 0) is 0 Å². The Labute approximate surface area is 125 Å². The molecule has 0 aliphatic carbocycles. The molecule has 0 saturated carbocycles. The fourth-order valence-electron chi connectivity index (χ4n) is 1.91. The van der Waals surface area contributed by atoms with Crippen molar-refractivity contribution in [2.24, 2.45) is 0 Å². The maximum Gasteiger partial charge on any atom is 0.191 e. The van der Waals surface area contributed by atoms with E-state index in [2.05, 4.69) is 15.0 Å². The van der Waals surface area contributed by atoms with Crippen molar-refractivity contribution in [1.82, 2.24) is 15.0 Å². The van der Waals surface area contributed by atoms with Crippen LogP contribution in [0.3, 0.4) is 0 Å². The largest absolute Gasteiger partial charge is 0.506 e. The summed E-state index contributed by atoms with van der Waals surface area (Å²) < 4.78 is 5.49. The summed E-state index contributed by atoms with van der Waals surface area (Å²) in [7, 11) is 0. The van der Waals surface area contributed by atoms with E-state index in [4.69, 9.17) is 21.8 Å². The predicted molar refractivity (Wildman–Crippen MR) is 78.8 cm³/mol. The molecule has 0 fully saturated rings. The Morgan fingerprint density at radius 2 is 2.00 bits per heavy atom. The number of halogens is 1. The summed E-state index contributed by atoms with van der Waals surface area (Å²) in [6, 6.07) is 4.78. The van der Waals surface area contributed by atoms with Gasteiger partial charge in [0.1, 0.15) is 23.0 Å². The first-order chi connectivity index (χ1) is 10.0. The maximum absolute atomic E-state index is 9.51. The van der Waals surface area contributed by atoms with Crippen LogP contribution in [0.1, 0.15) is 5.89 Å². The van der Waals surface area contributed by atoms with Crippen molar-refractivity contribution in [3.05, 3.63) is 41.5 Å². The van der Waals surface area contributed by atoms with Gasteiger partial charge in [0, 0.05) is 12.5 Å². The van der Waals surface area contributed by atoms with E-state index in [9.17, 15) is 5.11 Å². The van der Waals surface area contributed by atoms with Gasteiger partial charge in [-0.2, -0.15) is 0 Å². The van der Waals surface area contributed by atoms with Crippen molar-refractivity contribution in [1.29, 1.82) is 0 Å². The Balaban J connectivity index is 2.20. The SMILES string of the molecule is Cc1ncc(-c2nc(N)cnc2-c2ccc(O)c(Cl)c2)o1. The van der Waals surface area contributed by atoms with Crippen molar-refractivity contribution < 1.29 is 9.52 Å². The van der Waals surface area contributed by atoms with Gasteiger partial charge in [0.15, 0.2) is 11.7 Å². The predicted octanol–water partition coefficient (Wildman–Crippen LogP) is 3.05. The van der Waals surface area contributed by atoms with Gasteiger partial charge in [-0.1, -0.05) is 11.6 Å². The van der Waals surface area contributed by atoms with Gasteiger partial charge in [-0.3, -0.25) is 0 Å². The molecule has 0 radical (unpaired) electrons. The highest BCUT2D eigenvalue weighted by atomic mass is 35.5. The third-order valence-electron chi connectivity index (χ3n) is 2.87. The van der Waals surface area contributed by atoms with Gasteiger partial charge in [0.2, 0.25) is 0 Å². The fourth-order valence-corrected chi connectivity index (χ4v) is 2.09. The van der Waals surface area contributed by atoms with Crippen molar-refractivity contribution >= 4 is 17.4 Å². The molecule has 2 aromatic heterocycles. The summed E-state index contributed by atoms with van der Waals surface area (Å²) in [5.41, 5.74) is 7.40. The van der Waals surface area contributed by atoms with Crippen molar-refractivity contribution in [3.8, 4) is 28.5 Å². The molecule has 3 rings (SSSR count). The molecule has 0 atom stereocenters. The molecule has 0 aliphatic heterocycles. The van der Waals surface area contributed by atoms with E-state index in [0.717, 1.165) is 0 Å². The van der Waals surface area contributed by atoms with E-state index in [-0.39, 0.29) is 16.6 Å². The molecule has 0 bridgehead atoms. The second kappa shape index (κ2) is 5.06. The summed E-state index contributed by atoms with van der Waals surface area (Å²) in [5, 5.41) is 9.74. The highest BCUT2D eigenvalue weighted by Crippen LogP contribution is 2.33. The zero-order valence-electron chi connectivity index (χ0n) is 11.0. The number of phenols is 1. The Hall–Kier alpha value is -2.60. The van der Waals surface area contributed by atoms with Crippen LogP contribution in [0.2, 0.25) is 5.02 Å². The molecule has 0 unspecified atom stereocenters. The Bertz CT molecular complexity index is 816. The summed E-state index contributed by atoms with van der Waals surface area (Å²) in [6.07, 6.45) is 3.01. The van der Waals surface area contributed by atoms with Crippen LogP contribution >= 0.6 is 11.6 Å². The molecule has 6 nitrogen and oxygen atoms in total. The number of nitrogen functional groups attached to an aromatic ring is 1. The molecule has 0 amide bonds. The monoisotopic (exact) mass is 302 g/mol. The topological polar surface area (TPSA) is 98.1 Å². The van der Waals surface area contributed by atoms with Gasteiger partial charge >= 0.3 is 0 Å². The zero-order valence-corrected chi connectivity index (χ0v) is 11.8. The van der Waals surface area contributed by atoms with E-state index >= 15 is 0 Å². The van der Waals surface area contributed by atoms with Gasteiger partial charge in [-0.05, 0) is 18.2 Å². The molecule has 1 aromatic carbocycles. The van der Waals surface area contributed by atoms with Crippen molar-refractivity contribution in [2.75, 3.05) is 5.73 Å². The number of benzene rings is 1. The standard InChI is InChI=1S/C14H11ClN4O2/c1-7-17-5-11(21-7)14-13(18-6-12(16)19-14)8-2-3-10(20)9(15)4-8/h2-6,20H,1H3,(H2,16,19). The van der Waals surface area contributed by atoms with Crippen LogP contribution in [0.25, 0.3) is 22.7 Å². The molecule has 0 aliphatic rings. The third kappa shape index (κ3) is 2.53. The molecule has 21 heavy (non-hydrogen) atoms. The van der Waals surface area contributed by atoms with Crippen LogP contribution in [0.15, 0.2) is 35.0 Å². The summed E-state index contributed by atoms with van der Waals surface area (Å²) in [6.45, 7) is 1.74. The van der Waals surface area contributed by atoms with Crippen LogP contribution < -0.4 is 5.73 Å². The van der Waals surface area contributed by atoms with Gasteiger partial charge in [-0.25, -0.2) is 15.0 Å². The Morgan fingerprint density at radius 1 is 1.19 bits per heavy atom. The van der Waals surface area contributed by atoms with Crippen LogP contribution in [0.5, 0.6) is 5.75 Å². The number of aromatic nitrogens is 3. The highest BCUT2D eigenvalue weighted by Gasteiger charge is 2.16. The summed E-state index contributed by atoms with van der Waals surface area (Å²) in [4.78, 5) is 12.6. The van der Waals surface area contributed by atoms with Gasteiger partial charge in [0.05, 0.1) is 17.4 Å².